The Bertz CT molecular complexity index is 1280. The van der Waals surface area contributed by atoms with E-state index in [9.17, 15) is 14.4 Å². The summed E-state index contributed by atoms with van der Waals surface area (Å²) in [6, 6.07) is 5.90. The minimum Gasteiger partial charge on any atom is -0.348 e. The third-order valence-corrected chi connectivity index (χ3v) is 7.23. The number of amides is 1. The van der Waals surface area contributed by atoms with E-state index >= 15 is 0 Å². The molecule has 1 N–H and O–H groups in total. The number of rotatable bonds is 7. The Hall–Kier alpha value is -2.94. The Kier molecular flexibility index (Phi) is 6.97. The molecular weight excluding hydrogens is 438 g/mol. The molecule has 0 spiro atoms. The fourth-order valence-corrected chi connectivity index (χ4v) is 5.45. The number of fused-ring (bicyclic) bond motifs is 1. The lowest BCUT2D eigenvalue weighted by atomic mass is 10.1. The molecule has 0 aliphatic carbocycles. The van der Waals surface area contributed by atoms with Crippen molar-refractivity contribution in [3.63, 3.8) is 0 Å². The summed E-state index contributed by atoms with van der Waals surface area (Å²) in [5.74, 6) is -0.309. The Morgan fingerprint density at radius 3 is 2.58 bits per heavy atom. The predicted molar refractivity (Wildman–Crippen MR) is 134 cm³/mol. The first kappa shape index (κ1) is 23.2. The molecule has 1 aliphatic heterocycles. The molecule has 1 amide bonds. The normalized spacial score (nSPS) is 14.1. The average molecular weight is 470 g/mol. The van der Waals surface area contributed by atoms with E-state index in [1.54, 1.807) is 0 Å². The van der Waals surface area contributed by atoms with E-state index in [0.29, 0.717) is 23.3 Å². The second-order valence-corrected chi connectivity index (χ2v) is 9.51. The third kappa shape index (κ3) is 4.59. The number of hydrogen-bond donors (Lipinski definition) is 1. The highest BCUT2D eigenvalue weighted by atomic mass is 32.1. The van der Waals surface area contributed by atoms with E-state index in [1.807, 2.05) is 39.0 Å². The zero-order chi connectivity index (χ0) is 23.5. The van der Waals surface area contributed by atoms with Crippen LogP contribution in [0.5, 0.6) is 0 Å². The van der Waals surface area contributed by atoms with Gasteiger partial charge < -0.3 is 10.2 Å². The van der Waals surface area contributed by atoms with Crippen LogP contribution in [0.4, 0.5) is 10.8 Å². The molecule has 33 heavy (non-hydrogen) atoms. The van der Waals surface area contributed by atoms with Crippen molar-refractivity contribution >= 4 is 38.4 Å². The molecule has 176 valence electrons. The lowest BCUT2D eigenvalue weighted by molar-refractivity contribution is -0.116. The Morgan fingerprint density at radius 1 is 1.12 bits per heavy atom. The van der Waals surface area contributed by atoms with Gasteiger partial charge in [0.1, 0.15) is 11.2 Å². The summed E-state index contributed by atoms with van der Waals surface area (Å²) in [5.41, 5.74) is 2.29. The van der Waals surface area contributed by atoms with Gasteiger partial charge >= 0.3 is 5.69 Å². The van der Waals surface area contributed by atoms with Gasteiger partial charge in [0.25, 0.3) is 5.56 Å². The Morgan fingerprint density at radius 2 is 1.88 bits per heavy atom. The average Bonchev–Trinajstić information content (AvgIpc) is 3.27. The molecule has 9 heteroatoms. The standard InChI is InChI=1S/C24H31N5O3S/c1-4-12-28-22(31)20-21(26-23(33-20)27-13-7-6-8-14-27)29(24(28)32)15-18(30)25-19-16(3)10-9-11-17(19)5-2/h9-11H,4-8,12-15H2,1-3H3,(H,25,30). The highest BCUT2D eigenvalue weighted by molar-refractivity contribution is 7.22. The number of aryl methyl sites for hydroxylation is 2. The van der Waals surface area contributed by atoms with Crippen LogP contribution in [-0.4, -0.2) is 33.1 Å². The van der Waals surface area contributed by atoms with Gasteiger partial charge in [-0.25, -0.2) is 9.78 Å². The van der Waals surface area contributed by atoms with Crippen LogP contribution in [-0.2, 0) is 24.3 Å². The van der Waals surface area contributed by atoms with Crippen molar-refractivity contribution < 1.29 is 4.79 Å². The van der Waals surface area contributed by atoms with E-state index in [4.69, 9.17) is 0 Å². The van der Waals surface area contributed by atoms with Crippen molar-refractivity contribution in [1.29, 1.82) is 0 Å². The molecule has 8 nitrogen and oxygen atoms in total. The summed E-state index contributed by atoms with van der Waals surface area (Å²) in [5, 5.41) is 3.73. The molecule has 3 aromatic rings. The number of carbonyl (C=O) groups is 1. The molecule has 3 heterocycles. The van der Waals surface area contributed by atoms with Crippen LogP contribution in [0.15, 0.2) is 27.8 Å². The van der Waals surface area contributed by atoms with Gasteiger partial charge in [-0.05, 0) is 50.2 Å². The summed E-state index contributed by atoms with van der Waals surface area (Å²) >= 11 is 1.32. The molecule has 0 radical (unpaired) electrons. The second kappa shape index (κ2) is 9.91. The first-order valence-electron chi connectivity index (χ1n) is 11.7. The third-order valence-electron chi connectivity index (χ3n) is 6.13. The molecule has 0 unspecified atom stereocenters. The molecule has 1 aliphatic rings. The van der Waals surface area contributed by atoms with Gasteiger partial charge in [0.2, 0.25) is 5.91 Å². The summed E-state index contributed by atoms with van der Waals surface area (Å²) < 4.78 is 3.02. The Balaban J connectivity index is 1.75. The highest BCUT2D eigenvalue weighted by Crippen LogP contribution is 2.28. The lowest BCUT2D eigenvalue weighted by Gasteiger charge is -2.25. The fraction of sp³-hybridized carbons (Fsp3) is 0.500. The largest absolute Gasteiger partial charge is 0.348 e. The quantitative estimate of drug-likeness (QED) is 0.572. The van der Waals surface area contributed by atoms with Gasteiger partial charge in [-0.3, -0.25) is 18.7 Å². The summed E-state index contributed by atoms with van der Waals surface area (Å²) in [4.78, 5) is 46.3. The van der Waals surface area contributed by atoms with Gasteiger partial charge in [0.15, 0.2) is 10.8 Å². The molecule has 0 atom stereocenters. The second-order valence-electron chi connectivity index (χ2n) is 8.53. The van der Waals surface area contributed by atoms with Crippen molar-refractivity contribution in [3.05, 3.63) is 50.2 Å². The lowest BCUT2D eigenvalue weighted by Crippen LogP contribution is -2.41. The summed E-state index contributed by atoms with van der Waals surface area (Å²) in [6.07, 6.45) is 4.79. The number of aromatic nitrogens is 3. The first-order valence-corrected chi connectivity index (χ1v) is 12.5. The van der Waals surface area contributed by atoms with Crippen LogP contribution < -0.4 is 21.5 Å². The maximum Gasteiger partial charge on any atom is 0.333 e. The summed E-state index contributed by atoms with van der Waals surface area (Å²) in [6.45, 7) is 7.80. The van der Waals surface area contributed by atoms with Crippen LogP contribution in [0.3, 0.4) is 0 Å². The molecular formula is C24H31N5O3S. The molecule has 0 bridgehead atoms. The molecule has 2 aromatic heterocycles. The van der Waals surface area contributed by atoms with Crippen LogP contribution in [0.25, 0.3) is 10.3 Å². The molecule has 4 rings (SSSR count). The Labute approximate surface area is 196 Å². The SMILES string of the molecule is CCCn1c(=O)c2sc(N3CCCCC3)nc2n(CC(=O)Nc2c(C)cccc2CC)c1=O. The molecule has 1 fully saturated rings. The van der Waals surface area contributed by atoms with Crippen LogP contribution in [0.2, 0.25) is 0 Å². The number of benzene rings is 1. The van der Waals surface area contributed by atoms with E-state index in [-0.39, 0.29) is 18.0 Å². The predicted octanol–water partition coefficient (Wildman–Crippen LogP) is 3.53. The smallest absolute Gasteiger partial charge is 0.333 e. The summed E-state index contributed by atoms with van der Waals surface area (Å²) in [7, 11) is 0. The maximum absolute atomic E-state index is 13.3. The minimum absolute atomic E-state index is 0.194. The van der Waals surface area contributed by atoms with Crippen molar-refractivity contribution in [2.45, 2.75) is 66.0 Å². The topological polar surface area (TPSA) is 89.2 Å². The van der Waals surface area contributed by atoms with Gasteiger partial charge in [-0.15, -0.1) is 0 Å². The zero-order valence-electron chi connectivity index (χ0n) is 19.5. The van der Waals surface area contributed by atoms with Crippen molar-refractivity contribution in [3.8, 4) is 0 Å². The van der Waals surface area contributed by atoms with E-state index in [0.717, 1.165) is 54.3 Å². The highest BCUT2D eigenvalue weighted by Gasteiger charge is 2.22. The number of piperidine rings is 1. The van der Waals surface area contributed by atoms with E-state index < -0.39 is 5.69 Å². The number of para-hydroxylation sites is 1. The van der Waals surface area contributed by atoms with Gasteiger partial charge in [0.05, 0.1) is 0 Å². The number of nitrogens with zero attached hydrogens (tertiary/aromatic N) is 4. The minimum atomic E-state index is -0.486. The van der Waals surface area contributed by atoms with Crippen LogP contribution >= 0.6 is 11.3 Å². The van der Waals surface area contributed by atoms with Gasteiger partial charge in [-0.2, -0.15) is 0 Å². The van der Waals surface area contributed by atoms with E-state index in [2.05, 4.69) is 15.2 Å². The number of thiazole rings is 1. The number of nitrogens with one attached hydrogen (secondary N) is 1. The van der Waals surface area contributed by atoms with Crippen molar-refractivity contribution in [2.75, 3.05) is 23.3 Å². The van der Waals surface area contributed by atoms with Gasteiger partial charge in [0, 0.05) is 25.3 Å². The van der Waals surface area contributed by atoms with Crippen molar-refractivity contribution in [1.82, 2.24) is 14.1 Å². The zero-order valence-corrected chi connectivity index (χ0v) is 20.3. The van der Waals surface area contributed by atoms with Crippen LogP contribution in [0.1, 0.15) is 50.7 Å². The number of hydrogen-bond acceptors (Lipinski definition) is 6. The number of anilines is 2. The first-order chi connectivity index (χ1) is 15.9. The molecule has 1 saturated heterocycles. The fourth-order valence-electron chi connectivity index (χ4n) is 4.38. The van der Waals surface area contributed by atoms with Crippen molar-refractivity contribution in [2.24, 2.45) is 0 Å². The molecule has 0 saturated carbocycles. The van der Waals surface area contributed by atoms with Crippen LogP contribution in [0, 0.1) is 6.92 Å². The maximum atomic E-state index is 13.3. The van der Waals surface area contributed by atoms with Gasteiger partial charge in [-0.1, -0.05) is 43.4 Å². The molecule has 1 aromatic carbocycles. The van der Waals surface area contributed by atoms with E-state index in [1.165, 1.54) is 26.9 Å². The number of carbonyl (C=O) groups excluding carboxylic acids is 1. The monoisotopic (exact) mass is 469 g/mol.